The second kappa shape index (κ2) is 6.42. The highest BCUT2D eigenvalue weighted by Gasteiger charge is 2.16. The first-order valence-electron chi connectivity index (χ1n) is 8.04. The normalized spacial score (nSPS) is 14.4. The molecule has 0 fully saturated rings. The van der Waals surface area contributed by atoms with Gasteiger partial charge in [0.2, 0.25) is 0 Å². The van der Waals surface area contributed by atoms with Crippen LogP contribution in [0.2, 0.25) is 0 Å². The molecule has 1 N–H and O–H groups in total. The standard InChI is InChI=1S/C18H18N2OS2/c21-18(16-10-12-6-2-1-3-8-14(12)22-16)19-11-17-20-13-7-4-5-9-15(13)23-17/h4-5,7,9-10H,1-3,6,8,11H2,(H,19,21). The fraction of sp³-hybridized carbons (Fsp3) is 0.333. The quantitative estimate of drug-likeness (QED) is 0.709. The van der Waals surface area contributed by atoms with Crippen molar-refractivity contribution in [1.29, 1.82) is 0 Å². The number of hydrogen-bond acceptors (Lipinski definition) is 4. The van der Waals surface area contributed by atoms with Crippen LogP contribution in [0.5, 0.6) is 0 Å². The van der Waals surface area contributed by atoms with E-state index in [0.717, 1.165) is 28.2 Å². The monoisotopic (exact) mass is 342 g/mol. The molecule has 0 saturated carbocycles. The van der Waals surface area contributed by atoms with Crippen LogP contribution >= 0.6 is 22.7 Å². The number of carbonyl (C=O) groups excluding carboxylic acids is 1. The Hall–Kier alpha value is -1.72. The minimum Gasteiger partial charge on any atom is -0.345 e. The van der Waals surface area contributed by atoms with Gasteiger partial charge in [-0.2, -0.15) is 0 Å². The minimum atomic E-state index is 0.0299. The van der Waals surface area contributed by atoms with Gasteiger partial charge >= 0.3 is 0 Å². The van der Waals surface area contributed by atoms with E-state index >= 15 is 0 Å². The van der Waals surface area contributed by atoms with Crippen LogP contribution in [0.4, 0.5) is 0 Å². The van der Waals surface area contributed by atoms with E-state index in [1.165, 1.54) is 34.4 Å². The van der Waals surface area contributed by atoms with Crippen molar-refractivity contribution in [2.45, 2.75) is 38.6 Å². The van der Waals surface area contributed by atoms with Gasteiger partial charge in [-0.3, -0.25) is 4.79 Å². The van der Waals surface area contributed by atoms with Gasteiger partial charge in [-0.15, -0.1) is 22.7 Å². The average molecular weight is 342 g/mol. The number of nitrogens with zero attached hydrogens (tertiary/aromatic N) is 1. The molecule has 0 spiro atoms. The van der Waals surface area contributed by atoms with Crippen molar-refractivity contribution < 1.29 is 4.79 Å². The number of fused-ring (bicyclic) bond motifs is 2. The van der Waals surface area contributed by atoms with Gasteiger partial charge in [0.25, 0.3) is 5.91 Å². The van der Waals surface area contributed by atoms with Crippen molar-refractivity contribution in [3.63, 3.8) is 0 Å². The number of nitrogens with one attached hydrogen (secondary N) is 1. The van der Waals surface area contributed by atoms with Gasteiger partial charge < -0.3 is 5.32 Å². The van der Waals surface area contributed by atoms with Crippen LogP contribution in [0.1, 0.15) is 44.4 Å². The molecule has 1 aromatic carbocycles. The number of rotatable bonds is 3. The molecule has 5 heteroatoms. The third-order valence-corrected chi connectivity index (χ3v) is 6.48. The summed E-state index contributed by atoms with van der Waals surface area (Å²) in [4.78, 5) is 19.2. The Morgan fingerprint density at radius 3 is 2.91 bits per heavy atom. The van der Waals surface area contributed by atoms with Gasteiger partial charge in [0.1, 0.15) is 5.01 Å². The molecule has 23 heavy (non-hydrogen) atoms. The maximum absolute atomic E-state index is 12.4. The smallest absolute Gasteiger partial charge is 0.261 e. The van der Waals surface area contributed by atoms with E-state index in [1.54, 1.807) is 22.7 Å². The first-order valence-corrected chi connectivity index (χ1v) is 9.67. The molecule has 0 saturated heterocycles. The van der Waals surface area contributed by atoms with Crippen LogP contribution < -0.4 is 5.32 Å². The molecule has 0 atom stereocenters. The van der Waals surface area contributed by atoms with Crippen LogP contribution in [0.25, 0.3) is 10.2 Å². The Labute approximate surface area is 143 Å². The minimum absolute atomic E-state index is 0.0299. The molecule has 1 aliphatic carbocycles. The van der Waals surface area contributed by atoms with Crippen LogP contribution in [0.15, 0.2) is 30.3 Å². The zero-order valence-corrected chi connectivity index (χ0v) is 14.4. The lowest BCUT2D eigenvalue weighted by molar-refractivity contribution is 0.0955. The van der Waals surface area contributed by atoms with Crippen molar-refractivity contribution in [3.8, 4) is 0 Å². The topological polar surface area (TPSA) is 42.0 Å². The van der Waals surface area contributed by atoms with E-state index in [2.05, 4.69) is 22.4 Å². The summed E-state index contributed by atoms with van der Waals surface area (Å²) in [7, 11) is 0. The van der Waals surface area contributed by atoms with Gasteiger partial charge in [-0.25, -0.2) is 4.98 Å². The Morgan fingerprint density at radius 2 is 2.00 bits per heavy atom. The number of hydrogen-bond donors (Lipinski definition) is 1. The average Bonchev–Trinajstić information content (AvgIpc) is 3.10. The molecule has 2 heterocycles. The fourth-order valence-electron chi connectivity index (χ4n) is 3.02. The number of aromatic nitrogens is 1. The molecule has 3 aromatic rings. The molecule has 118 valence electrons. The Morgan fingerprint density at radius 1 is 1.13 bits per heavy atom. The maximum atomic E-state index is 12.4. The van der Waals surface area contributed by atoms with Crippen molar-refractivity contribution in [1.82, 2.24) is 10.3 Å². The van der Waals surface area contributed by atoms with E-state index in [-0.39, 0.29) is 5.91 Å². The highest BCUT2D eigenvalue weighted by atomic mass is 32.1. The van der Waals surface area contributed by atoms with Gasteiger partial charge in [-0.05, 0) is 49.4 Å². The maximum Gasteiger partial charge on any atom is 0.261 e. The summed E-state index contributed by atoms with van der Waals surface area (Å²) in [6.45, 7) is 0.501. The second-order valence-corrected chi connectivity index (χ2v) is 8.13. The molecule has 3 nitrogen and oxygen atoms in total. The first-order chi connectivity index (χ1) is 11.3. The SMILES string of the molecule is O=C(NCc1nc2ccccc2s1)c1cc2c(s1)CCCCC2. The third kappa shape index (κ3) is 3.16. The van der Waals surface area contributed by atoms with Gasteiger partial charge in [0.15, 0.2) is 0 Å². The van der Waals surface area contributed by atoms with Crippen LogP contribution in [-0.4, -0.2) is 10.9 Å². The molecule has 4 rings (SSSR count). The van der Waals surface area contributed by atoms with E-state index in [0.29, 0.717) is 6.54 Å². The number of aryl methyl sites for hydroxylation is 2. The molecule has 0 aliphatic heterocycles. The Kier molecular flexibility index (Phi) is 4.14. The zero-order valence-electron chi connectivity index (χ0n) is 12.8. The highest BCUT2D eigenvalue weighted by Crippen LogP contribution is 2.29. The Bertz CT molecular complexity index is 793. The predicted octanol–water partition coefficient (Wildman–Crippen LogP) is 4.56. The van der Waals surface area contributed by atoms with Crippen molar-refractivity contribution >= 4 is 38.8 Å². The Balaban J connectivity index is 1.45. The van der Waals surface area contributed by atoms with E-state index in [4.69, 9.17) is 0 Å². The van der Waals surface area contributed by atoms with Crippen molar-refractivity contribution in [3.05, 3.63) is 50.7 Å². The van der Waals surface area contributed by atoms with Crippen LogP contribution in [0, 0.1) is 0 Å². The highest BCUT2D eigenvalue weighted by molar-refractivity contribution is 7.18. The largest absolute Gasteiger partial charge is 0.345 e. The zero-order chi connectivity index (χ0) is 15.6. The summed E-state index contributed by atoms with van der Waals surface area (Å²) in [6, 6.07) is 10.2. The number of carbonyl (C=O) groups is 1. The van der Waals surface area contributed by atoms with Gasteiger partial charge in [0, 0.05) is 4.88 Å². The van der Waals surface area contributed by atoms with Crippen LogP contribution in [0.3, 0.4) is 0 Å². The summed E-state index contributed by atoms with van der Waals surface area (Å²) in [5.74, 6) is 0.0299. The lowest BCUT2D eigenvalue weighted by Crippen LogP contribution is -2.21. The number of benzene rings is 1. The van der Waals surface area contributed by atoms with E-state index in [9.17, 15) is 4.79 Å². The molecular weight excluding hydrogens is 324 g/mol. The number of thiophene rings is 1. The summed E-state index contributed by atoms with van der Waals surface area (Å²) in [5, 5.41) is 3.98. The van der Waals surface area contributed by atoms with Gasteiger partial charge in [-0.1, -0.05) is 18.6 Å². The molecule has 0 unspecified atom stereocenters. The third-order valence-electron chi connectivity index (χ3n) is 4.21. The molecule has 2 aromatic heterocycles. The van der Waals surface area contributed by atoms with Gasteiger partial charge in [0.05, 0.1) is 21.6 Å². The predicted molar refractivity (Wildman–Crippen MR) is 96.4 cm³/mol. The molecule has 1 amide bonds. The van der Waals surface area contributed by atoms with E-state index in [1.807, 2.05) is 18.2 Å². The fourth-order valence-corrected chi connectivity index (χ4v) is 5.09. The van der Waals surface area contributed by atoms with E-state index < -0.39 is 0 Å². The summed E-state index contributed by atoms with van der Waals surface area (Å²) in [6.07, 6.45) is 6.06. The summed E-state index contributed by atoms with van der Waals surface area (Å²) >= 11 is 3.31. The number of amides is 1. The number of thiazole rings is 1. The lowest BCUT2D eigenvalue weighted by Gasteiger charge is -2.00. The summed E-state index contributed by atoms with van der Waals surface area (Å²) < 4.78 is 1.17. The molecular formula is C18H18N2OS2. The molecule has 1 aliphatic rings. The molecule has 0 radical (unpaired) electrons. The first kappa shape index (κ1) is 14.8. The number of para-hydroxylation sites is 1. The summed E-state index contributed by atoms with van der Waals surface area (Å²) in [5.41, 5.74) is 2.39. The second-order valence-electron chi connectivity index (χ2n) is 5.88. The van der Waals surface area contributed by atoms with Crippen molar-refractivity contribution in [2.24, 2.45) is 0 Å². The molecule has 0 bridgehead atoms. The van der Waals surface area contributed by atoms with Crippen LogP contribution in [-0.2, 0) is 19.4 Å². The lowest BCUT2D eigenvalue weighted by atomic mass is 10.1. The van der Waals surface area contributed by atoms with Crippen molar-refractivity contribution in [2.75, 3.05) is 0 Å².